The molecule has 144 valence electrons. The monoisotopic (exact) mass is 448 g/mol. The van der Waals surface area contributed by atoms with Gasteiger partial charge in [-0.25, -0.2) is 9.48 Å². The van der Waals surface area contributed by atoms with E-state index in [-0.39, 0.29) is 17.0 Å². The summed E-state index contributed by atoms with van der Waals surface area (Å²) in [7, 11) is 0. The van der Waals surface area contributed by atoms with Gasteiger partial charge in [0.05, 0.1) is 13.2 Å². The average molecular weight is 449 g/mol. The number of hydrogen-bond acceptors (Lipinski definition) is 4. The molecular weight excluding hydrogens is 424 g/mol. The molecule has 0 amide bonds. The Morgan fingerprint density at radius 2 is 2.00 bits per heavy atom. The van der Waals surface area contributed by atoms with Crippen molar-refractivity contribution < 1.29 is 31.4 Å². The van der Waals surface area contributed by atoms with Crippen molar-refractivity contribution in [3.63, 3.8) is 0 Å². The highest BCUT2D eigenvalue weighted by atomic mass is 79.9. The first kappa shape index (κ1) is 20.2. The largest absolute Gasteiger partial charge is 1.00 e. The van der Waals surface area contributed by atoms with Crippen LogP contribution in [-0.4, -0.2) is 40.3 Å². The third-order valence-electron chi connectivity index (χ3n) is 4.99. The van der Waals surface area contributed by atoms with Crippen LogP contribution in [0.4, 0.5) is 5.69 Å². The van der Waals surface area contributed by atoms with Crippen molar-refractivity contribution in [2.75, 3.05) is 30.3 Å². The van der Waals surface area contributed by atoms with Gasteiger partial charge >= 0.3 is 5.17 Å². The molecule has 0 bridgehead atoms. The van der Waals surface area contributed by atoms with E-state index in [1.807, 2.05) is 43.0 Å². The maximum absolute atomic E-state index is 11.7. The molecule has 4 rings (SSSR count). The molecule has 0 fully saturated rings. The van der Waals surface area contributed by atoms with Gasteiger partial charge in [0.15, 0.2) is 6.54 Å². The highest BCUT2D eigenvalue weighted by Gasteiger charge is 2.53. The minimum atomic E-state index is -1.02. The molecule has 1 unspecified atom stereocenters. The molecule has 1 atom stereocenters. The standard InChI is InChI=1S/C21H25N2O2S.BrH/c1-3-25-19-10-8-17(9-11-19)21(24)15-22(18-7-4-6-16(2)14-18)20-23(21)12-5-13-26-20;/h4,6-11,14,24H,3,5,12-13,15H2,1-2H3;1H/q+1;/p-1. The molecule has 2 aromatic rings. The number of halogens is 1. The number of hydrogen-bond donors (Lipinski definition) is 1. The minimum absolute atomic E-state index is 0. The number of anilines is 1. The van der Waals surface area contributed by atoms with Crippen molar-refractivity contribution in [3.8, 4) is 5.75 Å². The summed E-state index contributed by atoms with van der Waals surface area (Å²) >= 11 is 1.83. The number of nitrogens with zero attached hydrogens (tertiary/aromatic N) is 2. The molecule has 27 heavy (non-hydrogen) atoms. The maximum Gasteiger partial charge on any atom is 0.316 e. The summed E-state index contributed by atoms with van der Waals surface area (Å²) < 4.78 is 7.72. The summed E-state index contributed by atoms with van der Waals surface area (Å²) in [4.78, 5) is 2.26. The van der Waals surface area contributed by atoms with Crippen LogP contribution in [0.25, 0.3) is 0 Å². The molecule has 0 spiro atoms. The smallest absolute Gasteiger partial charge is 0.316 e. The number of aliphatic hydroxyl groups is 1. The van der Waals surface area contributed by atoms with Gasteiger partial charge in [0.25, 0.3) is 5.72 Å². The number of amidine groups is 1. The molecule has 0 aromatic heterocycles. The van der Waals surface area contributed by atoms with Gasteiger partial charge in [0.2, 0.25) is 0 Å². The van der Waals surface area contributed by atoms with Crippen molar-refractivity contribution in [1.82, 2.24) is 0 Å². The summed E-state index contributed by atoms with van der Waals surface area (Å²) in [6.07, 6.45) is 1.08. The summed E-state index contributed by atoms with van der Waals surface area (Å²) in [5.74, 6) is 1.93. The zero-order chi connectivity index (χ0) is 18.1. The number of rotatable bonds is 4. The molecule has 0 saturated heterocycles. The van der Waals surface area contributed by atoms with Crippen molar-refractivity contribution in [2.24, 2.45) is 0 Å². The molecule has 0 aliphatic carbocycles. The zero-order valence-electron chi connectivity index (χ0n) is 15.7. The predicted octanol–water partition coefficient (Wildman–Crippen LogP) is 0.568. The zero-order valence-corrected chi connectivity index (χ0v) is 18.1. The Labute approximate surface area is 175 Å². The quantitative estimate of drug-likeness (QED) is 0.693. The van der Waals surface area contributed by atoms with E-state index < -0.39 is 5.72 Å². The second-order valence-corrected chi connectivity index (χ2v) is 7.90. The van der Waals surface area contributed by atoms with E-state index in [0.717, 1.165) is 40.9 Å². The van der Waals surface area contributed by atoms with Crippen molar-refractivity contribution in [1.29, 1.82) is 0 Å². The third kappa shape index (κ3) is 3.75. The van der Waals surface area contributed by atoms with E-state index in [1.165, 1.54) is 5.56 Å². The van der Waals surface area contributed by atoms with Crippen molar-refractivity contribution in [3.05, 3.63) is 59.7 Å². The fraction of sp³-hybridized carbons (Fsp3) is 0.381. The van der Waals surface area contributed by atoms with E-state index >= 15 is 0 Å². The Bertz CT molecular complexity index is 840. The predicted molar refractivity (Wildman–Crippen MR) is 107 cm³/mol. The molecule has 4 nitrogen and oxygen atoms in total. The SMILES string of the molecule is CCOc1ccc(C2(O)CN(c3cccc(C)c3)C3=[N+]2CCCS3)cc1.[Br-]. The first-order chi connectivity index (χ1) is 12.6. The summed E-state index contributed by atoms with van der Waals surface area (Å²) in [6.45, 7) is 6.13. The van der Waals surface area contributed by atoms with Gasteiger partial charge < -0.3 is 26.8 Å². The molecule has 1 N–H and O–H groups in total. The fourth-order valence-corrected chi connectivity index (χ4v) is 4.91. The van der Waals surface area contributed by atoms with Crippen molar-refractivity contribution in [2.45, 2.75) is 26.0 Å². The number of benzene rings is 2. The Morgan fingerprint density at radius 1 is 1.22 bits per heavy atom. The van der Waals surface area contributed by atoms with Gasteiger partial charge in [0.1, 0.15) is 11.4 Å². The number of aryl methyl sites for hydroxylation is 1. The highest BCUT2D eigenvalue weighted by molar-refractivity contribution is 8.13. The van der Waals surface area contributed by atoms with Gasteiger partial charge in [-0.2, -0.15) is 0 Å². The second kappa shape index (κ2) is 8.25. The van der Waals surface area contributed by atoms with Crippen LogP contribution in [-0.2, 0) is 5.72 Å². The van der Waals surface area contributed by atoms with Crippen LogP contribution < -0.4 is 26.6 Å². The van der Waals surface area contributed by atoms with Crippen LogP contribution in [0.15, 0.2) is 48.5 Å². The van der Waals surface area contributed by atoms with Crippen LogP contribution in [0.1, 0.15) is 24.5 Å². The van der Waals surface area contributed by atoms with Gasteiger partial charge in [-0.05, 0) is 74.0 Å². The second-order valence-electron chi connectivity index (χ2n) is 6.84. The Morgan fingerprint density at radius 3 is 2.70 bits per heavy atom. The third-order valence-corrected chi connectivity index (χ3v) is 6.18. The van der Waals surface area contributed by atoms with Gasteiger partial charge in [-0.15, -0.1) is 0 Å². The number of thioether (sulfide) groups is 1. The maximum atomic E-state index is 11.7. The average Bonchev–Trinajstić information content (AvgIpc) is 2.97. The van der Waals surface area contributed by atoms with E-state index in [2.05, 4.69) is 40.7 Å². The molecule has 0 saturated carbocycles. The molecule has 6 heteroatoms. The minimum Gasteiger partial charge on any atom is -1.00 e. The van der Waals surface area contributed by atoms with Crippen LogP contribution in [0.5, 0.6) is 5.75 Å². The van der Waals surface area contributed by atoms with Crippen LogP contribution in [0.2, 0.25) is 0 Å². The lowest BCUT2D eigenvalue weighted by Crippen LogP contribution is -3.00. The molecule has 2 aliphatic rings. The van der Waals surface area contributed by atoms with Crippen molar-refractivity contribution >= 4 is 22.6 Å². The lowest BCUT2D eigenvalue weighted by Gasteiger charge is -2.24. The number of β-amino-alcohol motifs (C(OH)–C–C–N with tert-alkyl or cyclic N) is 1. The van der Waals surface area contributed by atoms with Crippen LogP contribution in [0.3, 0.4) is 0 Å². The molecular formula is C21H25BrN2O2S. The Hall–Kier alpha value is -1.50. The van der Waals surface area contributed by atoms with Gasteiger partial charge in [0, 0.05) is 11.3 Å². The molecule has 2 aliphatic heterocycles. The topological polar surface area (TPSA) is 35.7 Å². The molecule has 2 aromatic carbocycles. The van der Waals surface area contributed by atoms with E-state index in [1.54, 1.807) is 0 Å². The Balaban J connectivity index is 0.00000210. The first-order valence-corrected chi connectivity index (χ1v) is 10.2. The lowest BCUT2D eigenvalue weighted by atomic mass is 10.0. The lowest BCUT2D eigenvalue weighted by molar-refractivity contribution is -0.656. The Kier molecular flexibility index (Phi) is 6.18. The van der Waals surface area contributed by atoms with Gasteiger partial charge in [-0.3, -0.25) is 0 Å². The van der Waals surface area contributed by atoms with E-state index in [4.69, 9.17) is 4.74 Å². The summed E-state index contributed by atoms with van der Waals surface area (Å²) in [6, 6.07) is 16.4. The van der Waals surface area contributed by atoms with Gasteiger partial charge in [-0.1, -0.05) is 12.1 Å². The normalized spacial score (nSPS) is 21.7. The van der Waals surface area contributed by atoms with E-state index in [0.29, 0.717) is 13.2 Å². The highest BCUT2D eigenvalue weighted by Crippen LogP contribution is 2.38. The molecule has 2 heterocycles. The van der Waals surface area contributed by atoms with E-state index in [9.17, 15) is 5.11 Å². The summed E-state index contributed by atoms with van der Waals surface area (Å²) in [5.41, 5.74) is 2.27. The molecule has 0 radical (unpaired) electrons. The van der Waals surface area contributed by atoms with Crippen LogP contribution in [0, 0.1) is 6.92 Å². The summed E-state index contributed by atoms with van der Waals surface area (Å²) in [5, 5.41) is 12.8. The number of ether oxygens (including phenoxy) is 1. The first-order valence-electron chi connectivity index (χ1n) is 9.19. The fourth-order valence-electron chi connectivity index (χ4n) is 3.73. The van der Waals surface area contributed by atoms with Crippen LogP contribution >= 0.6 is 11.8 Å².